The fraction of sp³-hybridized carbons (Fsp3) is 0.154. The molecule has 0 aliphatic carbocycles. The second kappa shape index (κ2) is 11.3. The summed E-state index contributed by atoms with van der Waals surface area (Å²) in [6.07, 6.45) is 4.91. The number of halogens is 1. The van der Waals surface area contributed by atoms with E-state index in [0.29, 0.717) is 34.2 Å². The number of carbonyl (C=O) groups is 1. The average Bonchev–Trinajstić information content (AvgIpc) is 2.85. The fourth-order valence-electron chi connectivity index (χ4n) is 3.13. The Hall–Kier alpha value is -3.58. The molecule has 0 spiro atoms. The molecular weight excluding hydrogens is 486 g/mol. The summed E-state index contributed by atoms with van der Waals surface area (Å²) in [7, 11) is 6.20. The van der Waals surface area contributed by atoms with Gasteiger partial charge in [0.25, 0.3) is 0 Å². The summed E-state index contributed by atoms with van der Waals surface area (Å²) in [4.78, 5) is 17.4. The maximum atomic E-state index is 12.9. The Morgan fingerprint density at radius 1 is 0.848 bits per heavy atom. The molecule has 0 unspecified atom stereocenters. The van der Waals surface area contributed by atoms with Gasteiger partial charge in [0.15, 0.2) is 17.3 Å². The predicted molar refractivity (Wildman–Crippen MR) is 134 cm³/mol. The first-order valence-electron chi connectivity index (χ1n) is 9.99. The molecule has 6 nitrogen and oxygen atoms in total. The molecule has 170 valence electrons. The number of ketones is 1. The first kappa shape index (κ1) is 24.1. The smallest absolute Gasteiger partial charge is 0.203 e. The van der Waals surface area contributed by atoms with Crippen molar-refractivity contribution in [3.63, 3.8) is 0 Å². The van der Waals surface area contributed by atoms with Crippen LogP contribution in [0.5, 0.6) is 23.0 Å². The summed E-state index contributed by atoms with van der Waals surface area (Å²) in [6, 6.07) is 16.4. The van der Waals surface area contributed by atoms with E-state index >= 15 is 0 Å². The van der Waals surface area contributed by atoms with Crippen LogP contribution in [0, 0.1) is 0 Å². The van der Waals surface area contributed by atoms with Gasteiger partial charge in [-0.2, -0.15) is 0 Å². The number of allylic oxidation sites excluding steroid dienone is 1. The number of methoxy groups -OCH3 is 4. The number of carbonyl (C=O) groups excluding carboxylic acids is 1. The Kier molecular flexibility index (Phi) is 8.27. The largest absolute Gasteiger partial charge is 0.494 e. The molecule has 0 N–H and O–H groups in total. The monoisotopic (exact) mass is 509 g/mol. The minimum Gasteiger partial charge on any atom is -0.494 e. The van der Waals surface area contributed by atoms with E-state index in [0.717, 1.165) is 15.6 Å². The van der Waals surface area contributed by atoms with Crippen molar-refractivity contribution >= 4 is 39.7 Å². The summed E-state index contributed by atoms with van der Waals surface area (Å²) in [6.45, 7) is 0. The van der Waals surface area contributed by atoms with Crippen molar-refractivity contribution in [1.29, 1.82) is 0 Å². The molecule has 0 bridgehead atoms. The van der Waals surface area contributed by atoms with Crippen molar-refractivity contribution in [2.24, 2.45) is 4.99 Å². The molecule has 3 aromatic rings. The first-order chi connectivity index (χ1) is 16.0. The van der Waals surface area contributed by atoms with E-state index in [1.165, 1.54) is 6.08 Å². The Morgan fingerprint density at radius 3 is 2.12 bits per heavy atom. The highest BCUT2D eigenvalue weighted by Gasteiger charge is 2.13. The molecule has 0 atom stereocenters. The van der Waals surface area contributed by atoms with Crippen LogP contribution in [0.1, 0.15) is 21.5 Å². The molecule has 0 radical (unpaired) electrons. The second-order valence-electron chi connectivity index (χ2n) is 6.82. The van der Waals surface area contributed by atoms with Crippen LogP contribution in [0.2, 0.25) is 0 Å². The maximum Gasteiger partial charge on any atom is 0.203 e. The van der Waals surface area contributed by atoms with Gasteiger partial charge in [0.1, 0.15) is 11.4 Å². The van der Waals surface area contributed by atoms with Crippen molar-refractivity contribution in [3.05, 3.63) is 81.8 Å². The van der Waals surface area contributed by atoms with E-state index in [2.05, 4.69) is 20.9 Å². The summed E-state index contributed by atoms with van der Waals surface area (Å²) in [5.41, 5.74) is 2.69. The van der Waals surface area contributed by atoms with Crippen molar-refractivity contribution < 1.29 is 23.7 Å². The molecule has 0 aliphatic rings. The summed E-state index contributed by atoms with van der Waals surface area (Å²) < 4.78 is 22.4. The highest BCUT2D eigenvalue weighted by atomic mass is 79.9. The maximum absolute atomic E-state index is 12.9. The zero-order valence-corrected chi connectivity index (χ0v) is 20.4. The number of ether oxygens (including phenoxy) is 4. The van der Waals surface area contributed by atoms with E-state index < -0.39 is 0 Å². The standard InChI is InChI=1S/C26H24BrNO5/c1-30-23-12-10-18(15-21(23)28-16-19-7-5-6-8-20(19)27)22(29)11-9-17-13-24(31-2)26(33-4)25(14-17)32-3/h5-16H,1-4H3/b11-9+,28-16?. The fourth-order valence-corrected chi connectivity index (χ4v) is 3.52. The molecule has 0 saturated heterocycles. The van der Waals surface area contributed by atoms with E-state index in [9.17, 15) is 4.79 Å². The first-order valence-corrected chi connectivity index (χ1v) is 10.8. The lowest BCUT2D eigenvalue weighted by molar-refractivity contribution is 0.104. The van der Waals surface area contributed by atoms with Crippen LogP contribution in [-0.4, -0.2) is 40.4 Å². The van der Waals surface area contributed by atoms with Gasteiger partial charge in [0, 0.05) is 21.8 Å². The van der Waals surface area contributed by atoms with E-state index in [1.54, 1.807) is 71.1 Å². The van der Waals surface area contributed by atoms with Crippen molar-refractivity contribution in [2.45, 2.75) is 0 Å². The zero-order chi connectivity index (χ0) is 23.8. The molecule has 0 aliphatic heterocycles. The predicted octanol–water partition coefficient (Wildman–Crippen LogP) is 6.13. The van der Waals surface area contributed by atoms with Gasteiger partial charge in [-0.05, 0) is 48.0 Å². The van der Waals surface area contributed by atoms with Gasteiger partial charge in [0.2, 0.25) is 5.75 Å². The number of aliphatic imine (C=N–C) groups is 1. The van der Waals surface area contributed by atoms with Gasteiger partial charge in [-0.15, -0.1) is 0 Å². The van der Waals surface area contributed by atoms with Crippen LogP contribution >= 0.6 is 15.9 Å². The zero-order valence-electron chi connectivity index (χ0n) is 18.8. The highest BCUT2D eigenvalue weighted by Crippen LogP contribution is 2.38. The quantitative estimate of drug-likeness (QED) is 0.197. The Balaban J connectivity index is 1.88. The number of nitrogens with zero attached hydrogens (tertiary/aromatic N) is 1. The molecule has 0 saturated carbocycles. The van der Waals surface area contributed by atoms with Gasteiger partial charge >= 0.3 is 0 Å². The van der Waals surface area contributed by atoms with Gasteiger partial charge in [-0.1, -0.05) is 40.2 Å². The molecule has 0 amide bonds. The van der Waals surface area contributed by atoms with Gasteiger partial charge in [-0.25, -0.2) is 0 Å². The lowest BCUT2D eigenvalue weighted by atomic mass is 10.1. The summed E-state index contributed by atoms with van der Waals surface area (Å²) in [5, 5.41) is 0. The van der Waals surface area contributed by atoms with E-state index in [-0.39, 0.29) is 5.78 Å². The van der Waals surface area contributed by atoms with Gasteiger partial charge in [-0.3, -0.25) is 9.79 Å². The SMILES string of the molecule is COc1ccc(C(=O)/C=C/c2cc(OC)c(OC)c(OC)c2)cc1N=Cc1ccccc1Br. The van der Waals surface area contributed by atoms with E-state index in [4.69, 9.17) is 18.9 Å². The van der Waals surface area contributed by atoms with Crippen molar-refractivity contribution in [2.75, 3.05) is 28.4 Å². The van der Waals surface area contributed by atoms with Crippen LogP contribution in [0.25, 0.3) is 6.08 Å². The molecule has 0 heterocycles. The minimum atomic E-state index is -0.177. The number of rotatable bonds is 9. The third-order valence-electron chi connectivity index (χ3n) is 4.83. The molecular formula is C26H24BrNO5. The summed E-state index contributed by atoms with van der Waals surface area (Å²) in [5.74, 6) is 1.91. The molecule has 7 heteroatoms. The summed E-state index contributed by atoms with van der Waals surface area (Å²) >= 11 is 3.50. The average molecular weight is 510 g/mol. The Labute approximate surface area is 201 Å². The molecule has 0 aromatic heterocycles. The third-order valence-corrected chi connectivity index (χ3v) is 5.55. The number of hydrogen-bond donors (Lipinski definition) is 0. The van der Waals surface area contributed by atoms with E-state index in [1.807, 2.05) is 24.3 Å². The lowest BCUT2D eigenvalue weighted by Crippen LogP contribution is -1.97. The molecule has 33 heavy (non-hydrogen) atoms. The topological polar surface area (TPSA) is 66.4 Å². The highest BCUT2D eigenvalue weighted by molar-refractivity contribution is 9.10. The van der Waals surface area contributed by atoms with Crippen LogP contribution in [0.4, 0.5) is 5.69 Å². The minimum absolute atomic E-state index is 0.177. The van der Waals surface area contributed by atoms with Crippen LogP contribution in [0.15, 0.2) is 70.1 Å². The Morgan fingerprint density at radius 2 is 1.52 bits per heavy atom. The molecule has 3 aromatic carbocycles. The number of benzene rings is 3. The Bertz CT molecular complexity index is 1180. The van der Waals surface area contributed by atoms with Crippen LogP contribution < -0.4 is 18.9 Å². The van der Waals surface area contributed by atoms with Gasteiger partial charge in [0.05, 0.1) is 28.4 Å². The van der Waals surface area contributed by atoms with Crippen molar-refractivity contribution in [3.8, 4) is 23.0 Å². The normalized spacial score (nSPS) is 11.1. The third kappa shape index (κ3) is 5.81. The number of hydrogen-bond acceptors (Lipinski definition) is 6. The molecule has 3 rings (SSSR count). The van der Waals surface area contributed by atoms with Gasteiger partial charge < -0.3 is 18.9 Å². The van der Waals surface area contributed by atoms with Crippen LogP contribution in [0.3, 0.4) is 0 Å². The van der Waals surface area contributed by atoms with Crippen LogP contribution in [-0.2, 0) is 0 Å². The van der Waals surface area contributed by atoms with Crippen molar-refractivity contribution in [1.82, 2.24) is 0 Å². The molecule has 0 fully saturated rings. The second-order valence-corrected chi connectivity index (χ2v) is 7.68. The lowest BCUT2D eigenvalue weighted by Gasteiger charge is -2.12.